The summed E-state index contributed by atoms with van der Waals surface area (Å²) >= 11 is 1.50. The lowest BCUT2D eigenvalue weighted by Gasteiger charge is -2.14. The molecule has 28 heavy (non-hydrogen) atoms. The van der Waals surface area contributed by atoms with Crippen LogP contribution in [-0.2, 0) is 5.75 Å². The van der Waals surface area contributed by atoms with Gasteiger partial charge in [-0.15, -0.1) is 5.10 Å². The fourth-order valence-corrected chi connectivity index (χ4v) is 4.28. The van der Waals surface area contributed by atoms with Gasteiger partial charge in [0.2, 0.25) is 0 Å². The quantitative estimate of drug-likeness (QED) is 0.489. The topological polar surface area (TPSA) is 76.8 Å². The molecule has 2 aromatic heterocycles. The predicted molar refractivity (Wildman–Crippen MR) is 108 cm³/mol. The van der Waals surface area contributed by atoms with Crippen molar-refractivity contribution < 1.29 is 4.79 Å². The van der Waals surface area contributed by atoms with Crippen LogP contribution in [-0.4, -0.2) is 48.9 Å². The number of aryl methyl sites for hydroxylation is 2. The monoisotopic (exact) mass is 394 g/mol. The number of hydrogen-bond donors (Lipinski definition) is 0. The maximum atomic E-state index is 13.0. The average Bonchev–Trinajstić information content (AvgIpc) is 3.36. The van der Waals surface area contributed by atoms with Crippen molar-refractivity contribution in [2.75, 3.05) is 13.1 Å². The van der Waals surface area contributed by atoms with Crippen molar-refractivity contribution in [2.45, 2.75) is 37.6 Å². The van der Waals surface area contributed by atoms with Crippen molar-refractivity contribution in [3.05, 3.63) is 59.2 Å². The number of hydrogen-bond acceptors (Lipinski definition) is 6. The van der Waals surface area contributed by atoms with Gasteiger partial charge >= 0.3 is 0 Å². The summed E-state index contributed by atoms with van der Waals surface area (Å²) < 4.78 is 1.75. The van der Waals surface area contributed by atoms with E-state index >= 15 is 0 Å². The molecule has 0 N–H and O–H groups in total. The number of nitrogens with zero attached hydrogens (tertiary/aromatic N) is 6. The lowest BCUT2D eigenvalue weighted by atomic mass is 10.2. The Morgan fingerprint density at radius 3 is 2.43 bits per heavy atom. The molecule has 1 saturated heterocycles. The van der Waals surface area contributed by atoms with E-state index in [1.807, 2.05) is 55.1 Å². The van der Waals surface area contributed by atoms with Gasteiger partial charge in [0, 0.05) is 30.2 Å². The first kappa shape index (κ1) is 18.6. The summed E-state index contributed by atoms with van der Waals surface area (Å²) in [4.78, 5) is 23.9. The Balaban J connectivity index is 1.67. The molecule has 0 bridgehead atoms. The van der Waals surface area contributed by atoms with Gasteiger partial charge in [0.05, 0.1) is 11.4 Å². The third-order valence-corrected chi connectivity index (χ3v) is 5.52. The van der Waals surface area contributed by atoms with E-state index in [1.165, 1.54) is 11.8 Å². The third-order valence-electron chi connectivity index (χ3n) is 4.66. The molecule has 0 unspecified atom stereocenters. The molecule has 3 heterocycles. The smallest absolute Gasteiger partial charge is 0.276 e. The number of thioether (sulfide) groups is 1. The number of rotatable bonds is 5. The summed E-state index contributed by atoms with van der Waals surface area (Å²) in [5.41, 5.74) is 3.93. The Hall–Kier alpha value is -2.74. The van der Waals surface area contributed by atoms with Crippen LogP contribution in [0.3, 0.4) is 0 Å². The molecular formula is C20H22N6OS. The molecule has 0 atom stereocenters. The zero-order valence-corrected chi connectivity index (χ0v) is 16.8. The second-order valence-electron chi connectivity index (χ2n) is 6.85. The van der Waals surface area contributed by atoms with Gasteiger partial charge in [-0.3, -0.25) is 4.79 Å². The molecule has 3 aromatic rings. The van der Waals surface area contributed by atoms with Gasteiger partial charge in [-0.05, 0) is 44.9 Å². The average molecular weight is 395 g/mol. The van der Waals surface area contributed by atoms with Crippen molar-refractivity contribution in [1.29, 1.82) is 0 Å². The number of amides is 1. The number of benzene rings is 1. The van der Waals surface area contributed by atoms with Crippen molar-refractivity contribution in [1.82, 2.24) is 29.9 Å². The van der Waals surface area contributed by atoms with Crippen LogP contribution in [0.4, 0.5) is 0 Å². The van der Waals surface area contributed by atoms with Crippen LogP contribution in [0, 0.1) is 13.8 Å². The van der Waals surface area contributed by atoms with Gasteiger partial charge in [0.15, 0.2) is 10.9 Å². The molecule has 1 amide bonds. The summed E-state index contributed by atoms with van der Waals surface area (Å²) in [5, 5.41) is 9.24. The van der Waals surface area contributed by atoms with E-state index < -0.39 is 0 Å². The van der Waals surface area contributed by atoms with E-state index in [2.05, 4.69) is 20.3 Å². The summed E-state index contributed by atoms with van der Waals surface area (Å²) in [6, 6.07) is 11.7. The summed E-state index contributed by atoms with van der Waals surface area (Å²) in [6.07, 6.45) is 2.08. The Labute approximate surface area is 168 Å². The number of carbonyl (C=O) groups excluding carboxylic acids is 1. The molecule has 1 aromatic carbocycles. The van der Waals surface area contributed by atoms with E-state index in [0.29, 0.717) is 16.6 Å². The van der Waals surface area contributed by atoms with Gasteiger partial charge in [0.25, 0.3) is 5.91 Å². The van der Waals surface area contributed by atoms with Crippen LogP contribution in [0.25, 0.3) is 5.69 Å². The highest BCUT2D eigenvalue weighted by atomic mass is 32.2. The highest BCUT2D eigenvalue weighted by Crippen LogP contribution is 2.25. The van der Waals surface area contributed by atoms with Crippen molar-refractivity contribution in [2.24, 2.45) is 0 Å². The van der Waals surface area contributed by atoms with E-state index in [4.69, 9.17) is 0 Å². The standard InChI is InChI=1S/C20H22N6OS/c1-14-12-15(2)22-20(21-14)28-13-17-18(19(27)25-10-6-7-11-25)23-24-26(17)16-8-4-3-5-9-16/h3-5,8-9,12H,6-7,10-11,13H2,1-2H3. The molecule has 0 aliphatic carbocycles. The fraction of sp³-hybridized carbons (Fsp3) is 0.350. The molecule has 1 fully saturated rings. The Morgan fingerprint density at radius 2 is 1.75 bits per heavy atom. The molecular weight excluding hydrogens is 372 g/mol. The Bertz CT molecular complexity index is 961. The first-order chi connectivity index (χ1) is 13.6. The Morgan fingerprint density at radius 1 is 1.07 bits per heavy atom. The van der Waals surface area contributed by atoms with Crippen LogP contribution < -0.4 is 0 Å². The predicted octanol–water partition coefficient (Wildman–Crippen LogP) is 3.20. The van der Waals surface area contributed by atoms with E-state index in [9.17, 15) is 4.79 Å². The number of para-hydroxylation sites is 1. The Kier molecular flexibility index (Phi) is 5.38. The summed E-state index contributed by atoms with van der Waals surface area (Å²) in [6.45, 7) is 5.47. The zero-order chi connectivity index (χ0) is 19.5. The molecule has 144 valence electrons. The molecule has 1 aliphatic rings. The van der Waals surface area contributed by atoms with Gasteiger partial charge in [-0.2, -0.15) is 0 Å². The van der Waals surface area contributed by atoms with Gasteiger partial charge < -0.3 is 4.90 Å². The minimum Gasteiger partial charge on any atom is -0.337 e. The molecule has 1 aliphatic heterocycles. The first-order valence-corrected chi connectivity index (χ1v) is 10.3. The zero-order valence-electron chi connectivity index (χ0n) is 16.0. The normalized spacial score (nSPS) is 13.9. The number of carbonyl (C=O) groups is 1. The molecule has 7 nitrogen and oxygen atoms in total. The molecule has 4 rings (SSSR count). The SMILES string of the molecule is Cc1cc(C)nc(SCc2c(C(=O)N3CCCC3)nnn2-c2ccccc2)n1. The molecule has 0 radical (unpaired) electrons. The number of likely N-dealkylation sites (tertiary alicyclic amines) is 1. The van der Waals surface area contributed by atoms with Gasteiger partial charge in [-0.25, -0.2) is 14.6 Å². The van der Waals surface area contributed by atoms with E-state index in [0.717, 1.165) is 48.7 Å². The number of aromatic nitrogens is 5. The third kappa shape index (κ3) is 3.91. The van der Waals surface area contributed by atoms with Crippen molar-refractivity contribution in [3.8, 4) is 5.69 Å². The minimum absolute atomic E-state index is 0.0448. The van der Waals surface area contributed by atoms with Crippen molar-refractivity contribution >= 4 is 17.7 Å². The van der Waals surface area contributed by atoms with Crippen LogP contribution in [0.15, 0.2) is 41.6 Å². The maximum Gasteiger partial charge on any atom is 0.276 e. The molecule has 8 heteroatoms. The summed E-state index contributed by atoms with van der Waals surface area (Å²) in [7, 11) is 0. The van der Waals surface area contributed by atoms with Gasteiger partial charge in [-0.1, -0.05) is 35.2 Å². The fourth-order valence-electron chi connectivity index (χ4n) is 3.33. The van der Waals surface area contributed by atoms with Crippen LogP contribution in [0.5, 0.6) is 0 Å². The lowest BCUT2D eigenvalue weighted by Crippen LogP contribution is -2.28. The van der Waals surface area contributed by atoms with Crippen LogP contribution >= 0.6 is 11.8 Å². The lowest BCUT2D eigenvalue weighted by molar-refractivity contribution is 0.0786. The second kappa shape index (κ2) is 8.10. The van der Waals surface area contributed by atoms with Gasteiger partial charge in [0.1, 0.15) is 0 Å². The largest absolute Gasteiger partial charge is 0.337 e. The molecule has 0 saturated carbocycles. The van der Waals surface area contributed by atoms with Crippen molar-refractivity contribution in [3.63, 3.8) is 0 Å². The van der Waals surface area contributed by atoms with E-state index in [1.54, 1.807) is 4.68 Å². The minimum atomic E-state index is -0.0448. The molecule has 0 spiro atoms. The van der Waals surface area contributed by atoms with Crippen LogP contribution in [0.2, 0.25) is 0 Å². The summed E-state index contributed by atoms with van der Waals surface area (Å²) in [5.74, 6) is 0.469. The highest BCUT2D eigenvalue weighted by Gasteiger charge is 2.27. The highest BCUT2D eigenvalue weighted by molar-refractivity contribution is 7.98. The van der Waals surface area contributed by atoms with Crippen LogP contribution in [0.1, 0.15) is 40.4 Å². The maximum absolute atomic E-state index is 13.0. The van der Waals surface area contributed by atoms with E-state index in [-0.39, 0.29) is 5.91 Å². The first-order valence-electron chi connectivity index (χ1n) is 9.36. The second-order valence-corrected chi connectivity index (χ2v) is 7.80.